The van der Waals surface area contributed by atoms with Gasteiger partial charge in [0.05, 0.1) is 5.56 Å². The van der Waals surface area contributed by atoms with Crippen LogP contribution < -0.4 is 5.32 Å². The minimum atomic E-state index is -4.64. The largest absolute Gasteiger partial charge is 0.435 e. The Morgan fingerprint density at radius 3 is 2.56 bits per heavy atom. The van der Waals surface area contributed by atoms with E-state index < -0.39 is 23.3 Å². The maximum atomic E-state index is 13.1. The zero-order valence-electron chi connectivity index (χ0n) is 14.2. The number of nitrogens with one attached hydrogen (secondary N) is 1. The number of hydrogen-bond donors (Lipinski definition) is 1. The van der Waals surface area contributed by atoms with Gasteiger partial charge in [-0.15, -0.1) is 0 Å². The van der Waals surface area contributed by atoms with Crippen molar-refractivity contribution in [3.8, 4) is 0 Å². The van der Waals surface area contributed by atoms with Crippen LogP contribution in [0.2, 0.25) is 0 Å². The second-order valence-electron chi connectivity index (χ2n) is 6.78. The molecular formula is C16H23F3N4OS. The zero-order valence-corrected chi connectivity index (χ0v) is 15.0. The van der Waals surface area contributed by atoms with Crippen molar-refractivity contribution in [1.29, 1.82) is 0 Å². The van der Waals surface area contributed by atoms with Crippen molar-refractivity contribution >= 4 is 17.7 Å². The number of carbonyl (C=O) groups is 1. The number of hydrogen-bond acceptors (Lipinski definition) is 4. The summed E-state index contributed by atoms with van der Waals surface area (Å²) in [6.07, 6.45) is 0.661. The molecule has 25 heavy (non-hydrogen) atoms. The molecule has 1 aliphatic heterocycles. The monoisotopic (exact) mass is 376 g/mol. The molecule has 9 heteroatoms. The Kier molecular flexibility index (Phi) is 5.34. The van der Waals surface area contributed by atoms with Crippen LogP contribution >= 0.6 is 11.8 Å². The van der Waals surface area contributed by atoms with E-state index in [9.17, 15) is 18.0 Å². The van der Waals surface area contributed by atoms with Gasteiger partial charge in [-0.1, -0.05) is 12.8 Å². The van der Waals surface area contributed by atoms with Crippen molar-refractivity contribution in [2.75, 3.05) is 31.1 Å². The summed E-state index contributed by atoms with van der Waals surface area (Å²) in [4.78, 5) is 14.8. The van der Waals surface area contributed by atoms with Gasteiger partial charge in [0.15, 0.2) is 5.69 Å². The maximum absolute atomic E-state index is 13.1. The molecule has 1 aliphatic carbocycles. The topological polar surface area (TPSA) is 50.2 Å². The summed E-state index contributed by atoms with van der Waals surface area (Å²) in [7, 11) is 1.38. The molecule has 0 atom stereocenters. The van der Waals surface area contributed by atoms with E-state index in [-0.39, 0.29) is 5.54 Å². The van der Waals surface area contributed by atoms with Crippen molar-refractivity contribution in [2.24, 2.45) is 7.05 Å². The van der Waals surface area contributed by atoms with Crippen LogP contribution in [0.3, 0.4) is 0 Å². The first-order valence-electron chi connectivity index (χ1n) is 8.54. The van der Waals surface area contributed by atoms with E-state index in [0.717, 1.165) is 61.2 Å². The summed E-state index contributed by atoms with van der Waals surface area (Å²) in [5.41, 5.74) is -1.64. The van der Waals surface area contributed by atoms with Crippen LogP contribution in [0.5, 0.6) is 0 Å². The van der Waals surface area contributed by atoms with E-state index in [1.165, 1.54) is 7.05 Å². The molecule has 140 valence electrons. The van der Waals surface area contributed by atoms with Gasteiger partial charge in [-0.05, 0) is 12.8 Å². The molecule has 0 unspecified atom stereocenters. The highest BCUT2D eigenvalue weighted by molar-refractivity contribution is 7.99. The third kappa shape index (κ3) is 3.97. The fourth-order valence-electron chi connectivity index (χ4n) is 3.88. The van der Waals surface area contributed by atoms with Crippen molar-refractivity contribution in [3.63, 3.8) is 0 Å². The zero-order chi connectivity index (χ0) is 18.1. The highest BCUT2D eigenvalue weighted by Crippen LogP contribution is 2.36. The van der Waals surface area contributed by atoms with Crippen LogP contribution in [0.25, 0.3) is 0 Å². The summed E-state index contributed by atoms with van der Waals surface area (Å²) in [5, 5.41) is 6.17. The van der Waals surface area contributed by atoms with Gasteiger partial charge in [-0.2, -0.15) is 30.0 Å². The molecule has 0 radical (unpaired) electrons. The van der Waals surface area contributed by atoms with Crippen LogP contribution in [0.15, 0.2) is 6.20 Å². The Morgan fingerprint density at radius 1 is 1.32 bits per heavy atom. The molecule has 5 nitrogen and oxygen atoms in total. The third-order valence-electron chi connectivity index (χ3n) is 5.14. The normalized spacial score (nSPS) is 21.4. The van der Waals surface area contributed by atoms with Gasteiger partial charge in [0.1, 0.15) is 0 Å². The molecule has 2 heterocycles. The van der Waals surface area contributed by atoms with Crippen LogP contribution in [-0.2, 0) is 13.2 Å². The standard InChI is InChI=1S/C16H23F3N4OS/c1-22-10-12(13(21-22)16(17,18)19)14(24)20-11-15(4-2-3-5-15)23-6-8-25-9-7-23/h10H,2-9,11H2,1H3,(H,20,24). The number of carbonyl (C=O) groups excluding carboxylic acids is 1. The second kappa shape index (κ2) is 7.19. The number of halogens is 3. The number of aromatic nitrogens is 2. The molecule has 1 N–H and O–H groups in total. The molecule has 0 bridgehead atoms. The first-order chi connectivity index (χ1) is 11.8. The van der Waals surface area contributed by atoms with Crippen molar-refractivity contribution < 1.29 is 18.0 Å². The molecule has 1 saturated carbocycles. The smallest absolute Gasteiger partial charge is 0.350 e. The summed E-state index contributed by atoms with van der Waals surface area (Å²) in [6, 6.07) is 0. The lowest BCUT2D eigenvalue weighted by Gasteiger charge is -2.43. The summed E-state index contributed by atoms with van der Waals surface area (Å²) < 4.78 is 40.2. The quantitative estimate of drug-likeness (QED) is 0.877. The predicted molar refractivity (Wildman–Crippen MR) is 90.6 cm³/mol. The maximum Gasteiger partial charge on any atom is 0.435 e. The van der Waals surface area contributed by atoms with Crippen LogP contribution in [-0.4, -0.2) is 57.3 Å². The average Bonchev–Trinajstić information content (AvgIpc) is 3.20. The molecule has 3 rings (SSSR count). The number of amides is 1. The Bertz CT molecular complexity index is 619. The first kappa shape index (κ1) is 18.6. The van der Waals surface area contributed by atoms with Crippen LogP contribution in [0.1, 0.15) is 41.7 Å². The van der Waals surface area contributed by atoms with Gasteiger partial charge in [-0.25, -0.2) is 0 Å². The van der Waals surface area contributed by atoms with Crippen LogP contribution in [0, 0.1) is 0 Å². The summed E-state index contributed by atoms with van der Waals surface area (Å²) >= 11 is 1.92. The van der Waals surface area contributed by atoms with Gasteiger partial charge >= 0.3 is 6.18 Å². The third-order valence-corrected chi connectivity index (χ3v) is 6.08. The lowest BCUT2D eigenvalue weighted by atomic mass is 9.94. The van der Waals surface area contributed by atoms with Crippen LogP contribution in [0.4, 0.5) is 13.2 Å². The van der Waals surface area contributed by atoms with E-state index in [4.69, 9.17) is 0 Å². The highest BCUT2D eigenvalue weighted by Gasteiger charge is 2.42. The fraction of sp³-hybridized carbons (Fsp3) is 0.750. The molecule has 1 amide bonds. The van der Waals surface area contributed by atoms with Gasteiger partial charge < -0.3 is 5.32 Å². The first-order valence-corrected chi connectivity index (χ1v) is 9.69. The average molecular weight is 376 g/mol. The molecule has 1 aromatic heterocycles. The van der Waals surface area contributed by atoms with Gasteiger partial charge in [0.2, 0.25) is 0 Å². The second-order valence-corrected chi connectivity index (χ2v) is 8.00. The fourth-order valence-corrected chi connectivity index (χ4v) is 4.78. The Labute approximate surface area is 149 Å². The van der Waals surface area contributed by atoms with E-state index >= 15 is 0 Å². The number of rotatable bonds is 4. The molecular weight excluding hydrogens is 353 g/mol. The van der Waals surface area contributed by atoms with Crippen molar-refractivity contribution in [1.82, 2.24) is 20.0 Å². The number of nitrogens with zero attached hydrogens (tertiary/aromatic N) is 3. The van der Waals surface area contributed by atoms with E-state index in [1.807, 2.05) is 11.8 Å². The Balaban J connectivity index is 1.72. The molecule has 2 fully saturated rings. The number of thioether (sulfide) groups is 1. The van der Waals surface area contributed by atoms with E-state index in [0.29, 0.717) is 6.54 Å². The lowest BCUT2D eigenvalue weighted by Crippen LogP contribution is -2.56. The van der Waals surface area contributed by atoms with Crippen molar-refractivity contribution in [2.45, 2.75) is 37.4 Å². The number of alkyl halides is 3. The summed E-state index contributed by atoms with van der Waals surface area (Å²) in [6.45, 7) is 2.34. The lowest BCUT2D eigenvalue weighted by molar-refractivity contribution is -0.141. The summed E-state index contributed by atoms with van der Waals surface area (Å²) in [5.74, 6) is 1.44. The van der Waals surface area contributed by atoms with Gasteiger partial charge in [0, 0.05) is 49.9 Å². The SMILES string of the molecule is Cn1cc(C(=O)NCC2(N3CCSCC3)CCCC2)c(C(F)(F)F)n1. The minimum Gasteiger partial charge on any atom is -0.350 e. The molecule has 1 aromatic rings. The van der Waals surface area contributed by atoms with E-state index in [1.54, 1.807) is 0 Å². The molecule has 0 aromatic carbocycles. The Hall–Kier alpha value is -1.22. The predicted octanol–water partition coefficient (Wildman–Crippen LogP) is 2.53. The van der Waals surface area contributed by atoms with E-state index in [2.05, 4.69) is 15.3 Å². The Morgan fingerprint density at radius 2 is 1.96 bits per heavy atom. The van der Waals surface area contributed by atoms with Crippen molar-refractivity contribution in [3.05, 3.63) is 17.5 Å². The number of aryl methyl sites for hydroxylation is 1. The van der Waals surface area contributed by atoms with Gasteiger partial charge in [0.25, 0.3) is 5.91 Å². The van der Waals surface area contributed by atoms with Gasteiger partial charge in [-0.3, -0.25) is 14.4 Å². The molecule has 1 saturated heterocycles. The minimum absolute atomic E-state index is 0.114. The molecule has 2 aliphatic rings. The molecule has 0 spiro atoms. The highest BCUT2D eigenvalue weighted by atomic mass is 32.2.